The molecule has 0 radical (unpaired) electrons. The summed E-state index contributed by atoms with van der Waals surface area (Å²) in [4.78, 5) is 0. The van der Waals surface area contributed by atoms with Gasteiger partial charge in [-0.1, -0.05) is 7.43 Å². The fraction of sp³-hybridized carbons (Fsp3) is 0.700. The molecule has 0 unspecified atom stereocenters. The molecular weight excluding hydrogens is 193 g/mol. The van der Waals surface area contributed by atoms with E-state index in [1.165, 1.54) is 0 Å². The molecule has 0 bridgehead atoms. The van der Waals surface area contributed by atoms with E-state index in [9.17, 15) is 0 Å². The van der Waals surface area contributed by atoms with Gasteiger partial charge in [-0.3, -0.25) is 0 Å². The van der Waals surface area contributed by atoms with E-state index in [-0.39, 0.29) is 15.3 Å². The van der Waals surface area contributed by atoms with Crippen molar-refractivity contribution < 1.29 is 0 Å². The third-order valence-corrected chi connectivity index (χ3v) is 4.19. The fourth-order valence-electron chi connectivity index (χ4n) is 0.960. The van der Waals surface area contributed by atoms with Crippen LogP contribution in [0.1, 0.15) is 26.7 Å². The van der Waals surface area contributed by atoms with Crippen LogP contribution in [0, 0.1) is 34.0 Å². The SMILES string of the molecule is C.N#CCCP(CCC#N)CCC#N. The zero-order valence-corrected chi connectivity index (χ0v) is 8.43. The third kappa shape index (κ3) is 8.99. The zero-order valence-electron chi connectivity index (χ0n) is 7.53. The van der Waals surface area contributed by atoms with Crippen molar-refractivity contribution in [2.75, 3.05) is 18.5 Å². The average Bonchev–Trinajstić information content (AvgIpc) is 2.17. The van der Waals surface area contributed by atoms with Crippen LogP contribution in [0.4, 0.5) is 0 Å². The number of rotatable bonds is 6. The van der Waals surface area contributed by atoms with Gasteiger partial charge in [0.05, 0.1) is 18.2 Å². The molecule has 0 atom stereocenters. The molecule has 0 N–H and O–H groups in total. The molecule has 0 aromatic carbocycles. The normalized spacial score (nSPS) is 8.14. The van der Waals surface area contributed by atoms with E-state index < -0.39 is 0 Å². The van der Waals surface area contributed by atoms with Gasteiger partial charge in [0.1, 0.15) is 0 Å². The molecule has 0 spiro atoms. The van der Waals surface area contributed by atoms with Crippen LogP contribution in [0.5, 0.6) is 0 Å². The second-order valence-corrected chi connectivity index (χ2v) is 5.25. The van der Waals surface area contributed by atoms with Crippen molar-refractivity contribution in [3.8, 4) is 18.2 Å². The Labute approximate surface area is 87.7 Å². The Morgan fingerprint density at radius 2 is 1.00 bits per heavy atom. The Balaban J connectivity index is 0. The van der Waals surface area contributed by atoms with Crippen LogP contribution >= 0.6 is 7.92 Å². The van der Waals surface area contributed by atoms with Gasteiger partial charge < -0.3 is 0 Å². The summed E-state index contributed by atoms with van der Waals surface area (Å²) < 4.78 is 0. The van der Waals surface area contributed by atoms with Crippen LogP contribution in [0.15, 0.2) is 0 Å². The Morgan fingerprint density at radius 3 is 1.21 bits per heavy atom. The molecular formula is C10H16N3P. The van der Waals surface area contributed by atoms with Crippen LogP contribution in [-0.4, -0.2) is 18.5 Å². The lowest BCUT2D eigenvalue weighted by Gasteiger charge is -2.11. The summed E-state index contributed by atoms with van der Waals surface area (Å²) in [6.45, 7) is 0. The number of hydrogen-bond donors (Lipinski definition) is 0. The van der Waals surface area contributed by atoms with Crippen LogP contribution < -0.4 is 0 Å². The molecule has 0 heterocycles. The van der Waals surface area contributed by atoms with Gasteiger partial charge in [-0.2, -0.15) is 15.8 Å². The summed E-state index contributed by atoms with van der Waals surface area (Å²) in [6.07, 6.45) is 4.33. The van der Waals surface area contributed by atoms with Gasteiger partial charge >= 0.3 is 0 Å². The Bertz CT molecular complexity index is 201. The molecule has 0 aliphatic rings. The van der Waals surface area contributed by atoms with E-state index >= 15 is 0 Å². The second kappa shape index (κ2) is 11.9. The summed E-state index contributed by atoms with van der Waals surface area (Å²) in [5, 5.41) is 25.2. The first-order valence-electron chi connectivity index (χ1n) is 4.18. The zero-order chi connectivity index (χ0) is 9.94. The van der Waals surface area contributed by atoms with Gasteiger partial charge in [-0.05, 0) is 18.5 Å². The van der Waals surface area contributed by atoms with Crippen LogP contribution in [0.3, 0.4) is 0 Å². The monoisotopic (exact) mass is 209 g/mol. The first-order chi connectivity index (χ1) is 6.35. The van der Waals surface area contributed by atoms with Crippen molar-refractivity contribution in [3.63, 3.8) is 0 Å². The lowest BCUT2D eigenvalue weighted by Crippen LogP contribution is -1.94. The second-order valence-electron chi connectivity index (χ2n) is 2.57. The predicted octanol–water partition coefficient (Wildman–Crippen LogP) is 2.85. The lowest BCUT2D eigenvalue weighted by atomic mass is 10.5. The molecule has 76 valence electrons. The van der Waals surface area contributed by atoms with E-state index in [2.05, 4.69) is 18.2 Å². The summed E-state index contributed by atoms with van der Waals surface area (Å²) in [5.74, 6) is 0. The fourth-order valence-corrected chi connectivity index (χ4v) is 2.88. The van der Waals surface area contributed by atoms with E-state index in [1.54, 1.807) is 0 Å². The van der Waals surface area contributed by atoms with Gasteiger partial charge in [-0.25, -0.2) is 0 Å². The van der Waals surface area contributed by atoms with Gasteiger partial charge in [0.15, 0.2) is 0 Å². The predicted molar refractivity (Wildman–Crippen MR) is 58.9 cm³/mol. The molecule has 0 aromatic rings. The molecule has 0 rings (SSSR count). The van der Waals surface area contributed by atoms with Crippen molar-refractivity contribution in [1.82, 2.24) is 0 Å². The number of nitrogens with zero attached hydrogens (tertiary/aromatic N) is 3. The highest BCUT2D eigenvalue weighted by atomic mass is 31.1. The van der Waals surface area contributed by atoms with Crippen LogP contribution in [0.25, 0.3) is 0 Å². The van der Waals surface area contributed by atoms with Crippen molar-refractivity contribution >= 4 is 7.92 Å². The maximum absolute atomic E-state index is 8.40. The van der Waals surface area contributed by atoms with E-state index in [1.807, 2.05) is 0 Å². The highest BCUT2D eigenvalue weighted by Crippen LogP contribution is 2.37. The molecule has 0 saturated carbocycles. The minimum atomic E-state index is -0.246. The summed E-state index contributed by atoms with van der Waals surface area (Å²) in [5.41, 5.74) is 0. The minimum absolute atomic E-state index is 0. The molecule has 0 amide bonds. The van der Waals surface area contributed by atoms with Gasteiger partial charge in [0.2, 0.25) is 0 Å². The first kappa shape index (κ1) is 15.4. The van der Waals surface area contributed by atoms with Crippen molar-refractivity contribution in [1.29, 1.82) is 15.8 Å². The maximum Gasteiger partial charge on any atom is 0.0625 e. The Morgan fingerprint density at radius 1 is 0.714 bits per heavy atom. The molecule has 0 saturated heterocycles. The highest BCUT2D eigenvalue weighted by molar-refractivity contribution is 7.57. The molecule has 0 aromatic heterocycles. The van der Waals surface area contributed by atoms with E-state index in [4.69, 9.17) is 15.8 Å². The summed E-state index contributed by atoms with van der Waals surface area (Å²) in [7, 11) is -0.246. The summed E-state index contributed by atoms with van der Waals surface area (Å²) >= 11 is 0. The highest BCUT2D eigenvalue weighted by Gasteiger charge is 2.06. The quantitative estimate of drug-likeness (QED) is 0.631. The third-order valence-electron chi connectivity index (χ3n) is 1.62. The molecule has 0 aliphatic heterocycles. The summed E-state index contributed by atoms with van der Waals surface area (Å²) in [6, 6.07) is 6.30. The molecule has 0 aliphatic carbocycles. The average molecular weight is 209 g/mol. The topological polar surface area (TPSA) is 71.4 Å². The Kier molecular flexibility index (Phi) is 13.1. The van der Waals surface area contributed by atoms with Gasteiger partial charge in [0, 0.05) is 19.3 Å². The van der Waals surface area contributed by atoms with E-state index in [0.29, 0.717) is 19.3 Å². The first-order valence-corrected chi connectivity index (χ1v) is 6.08. The van der Waals surface area contributed by atoms with Crippen molar-refractivity contribution in [2.45, 2.75) is 26.7 Å². The number of hydrogen-bond acceptors (Lipinski definition) is 3. The van der Waals surface area contributed by atoms with Crippen LogP contribution in [-0.2, 0) is 0 Å². The number of nitriles is 3. The molecule has 14 heavy (non-hydrogen) atoms. The maximum atomic E-state index is 8.40. The van der Waals surface area contributed by atoms with E-state index in [0.717, 1.165) is 18.5 Å². The lowest BCUT2D eigenvalue weighted by molar-refractivity contribution is 1.14. The van der Waals surface area contributed by atoms with Gasteiger partial charge in [-0.15, -0.1) is 7.92 Å². The molecule has 0 fully saturated rings. The smallest absolute Gasteiger partial charge is 0.0625 e. The molecule has 3 nitrogen and oxygen atoms in total. The largest absolute Gasteiger partial charge is 0.198 e. The Hall–Kier alpha value is -1.10. The molecule has 4 heteroatoms. The van der Waals surface area contributed by atoms with Crippen LogP contribution in [0.2, 0.25) is 0 Å². The standard InChI is InChI=1S/C9H12N3P.CH4/c10-4-1-7-13(8-2-5-11)9-3-6-12;/h1-3,7-9H2;1H4. The van der Waals surface area contributed by atoms with Gasteiger partial charge in [0.25, 0.3) is 0 Å². The van der Waals surface area contributed by atoms with Crippen molar-refractivity contribution in [3.05, 3.63) is 0 Å². The minimum Gasteiger partial charge on any atom is -0.198 e. The van der Waals surface area contributed by atoms with Crippen molar-refractivity contribution in [2.24, 2.45) is 0 Å².